The zero-order valence-corrected chi connectivity index (χ0v) is 18.4. The highest BCUT2D eigenvalue weighted by Gasteiger charge is 2.45. The van der Waals surface area contributed by atoms with Gasteiger partial charge in [-0.3, -0.25) is 4.79 Å². The Morgan fingerprint density at radius 2 is 1.50 bits per heavy atom. The van der Waals surface area contributed by atoms with Gasteiger partial charge in [0, 0.05) is 31.6 Å². The molecule has 2 saturated heterocycles. The maximum Gasteiger partial charge on any atom is 0.416 e. The summed E-state index contributed by atoms with van der Waals surface area (Å²) in [6.45, 7) is -0.124. The Kier molecular flexibility index (Phi) is 6.17. The Hall–Kier alpha value is -2.60. The van der Waals surface area contributed by atoms with Crippen molar-refractivity contribution in [3.63, 3.8) is 0 Å². The van der Waals surface area contributed by atoms with Gasteiger partial charge in [0.05, 0.1) is 16.0 Å². The standard InChI is InChI=1S/C22H20F6N2O3S/c23-21(24,25)16-4-1-3-14(10-16)9-15-11-18-13-29(7-8-30(18)20(15)31)34(32,33)19-6-2-5-17(12-19)22(26,27)28/h1-6,10,12,15,18H,7-9,11,13H2/t15?,18-/m0/s1. The molecule has 2 fully saturated rings. The molecule has 0 radical (unpaired) electrons. The fraction of sp³-hybridized carbons (Fsp3) is 0.409. The summed E-state index contributed by atoms with van der Waals surface area (Å²) < 4.78 is 105. The van der Waals surface area contributed by atoms with Crippen molar-refractivity contribution in [1.82, 2.24) is 9.21 Å². The van der Waals surface area contributed by atoms with E-state index in [2.05, 4.69) is 0 Å². The van der Waals surface area contributed by atoms with E-state index >= 15 is 0 Å². The highest BCUT2D eigenvalue weighted by atomic mass is 32.2. The molecule has 0 spiro atoms. The highest BCUT2D eigenvalue weighted by Crippen LogP contribution is 2.35. The molecule has 0 aromatic heterocycles. The molecule has 34 heavy (non-hydrogen) atoms. The number of benzene rings is 2. The first-order valence-electron chi connectivity index (χ1n) is 10.4. The quantitative estimate of drug-likeness (QED) is 0.585. The Balaban J connectivity index is 1.49. The van der Waals surface area contributed by atoms with Crippen molar-refractivity contribution in [2.75, 3.05) is 19.6 Å². The molecular weight excluding hydrogens is 486 g/mol. The summed E-state index contributed by atoms with van der Waals surface area (Å²) in [5.41, 5.74) is -1.54. The van der Waals surface area contributed by atoms with Crippen molar-refractivity contribution in [2.45, 2.75) is 36.1 Å². The van der Waals surface area contributed by atoms with Crippen LogP contribution >= 0.6 is 0 Å². The van der Waals surface area contributed by atoms with Crippen molar-refractivity contribution < 1.29 is 39.6 Å². The molecule has 0 N–H and O–H groups in total. The second-order valence-corrected chi connectivity index (χ2v) is 10.3. The fourth-order valence-corrected chi connectivity index (χ4v) is 6.03. The number of sulfonamides is 1. The van der Waals surface area contributed by atoms with E-state index in [1.807, 2.05) is 0 Å². The van der Waals surface area contributed by atoms with E-state index in [4.69, 9.17) is 0 Å². The molecule has 2 aliphatic heterocycles. The largest absolute Gasteiger partial charge is 0.416 e. The Morgan fingerprint density at radius 1 is 0.882 bits per heavy atom. The predicted molar refractivity (Wildman–Crippen MR) is 109 cm³/mol. The summed E-state index contributed by atoms with van der Waals surface area (Å²) in [4.78, 5) is 13.8. The zero-order valence-electron chi connectivity index (χ0n) is 17.6. The first kappa shape index (κ1) is 24.5. The van der Waals surface area contributed by atoms with Crippen LogP contribution in [0.4, 0.5) is 26.3 Å². The molecule has 12 heteroatoms. The minimum absolute atomic E-state index is 0.0563. The molecule has 2 heterocycles. The first-order valence-corrected chi connectivity index (χ1v) is 11.8. The lowest BCUT2D eigenvalue weighted by atomic mass is 9.95. The van der Waals surface area contributed by atoms with E-state index in [-0.39, 0.29) is 38.4 Å². The number of nitrogens with zero attached hydrogens (tertiary/aromatic N) is 2. The fourth-order valence-electron chi connectivity index (χ4n) is 4.51. The Labute approximate surface area is 192 Å². The molecule has 1 unspecified atom stereocenters. The average Bonchev–Trinajstić information content (AvgIpc) is 3.07. The Morgan fingerprint density at radius 3 is 2.15 bits per heavy atom. The van der Waals surface area contributed by atoms with Gasteiger partial charge >= 0.3 is 12.4 Å². The molecule has 2 aliphatic rings. The Bertz CT molecular complexity index is 1200. The third-order valence-electron chi connectivity index (χ3n) is 6.17. The summed E-state index contributed by atoms with van der Waals surface area (Å²) in [6.07, 6.45) is -8.88. The molecule has 2 atom stereocenters. The smallest absolute Gasteiger partial charge is 0.337 e. The van der Waals surface area contributed by atoms with Gasteiger partial charge in [-0.05, 0) is 42.7 Å². The van der Waals surface area contributed by atoms with Gasteiger partial charge in [0.2, 0.25) is 15.9 Å². The van der Waals surface area contributed by atoms with E-state index in [0.717, 1.165) is 34.6 Å². The molecule has 0 bridgehead atoms. The summed E-state index contributed by atoms with van der Waals surface area (Å²) in [5.74, 6) is -0.872. The number of hydrogen-bond acceptors (Lipinski definition) is 3. The molecule has 0 saturated carbocycles. The maximum atomic E-state index is 13.0. The summed E-state index contributed by atoms with van der Waals surface area (Å²) in [7, 11) is -4.23. The second kappa shape index (κ2) is 8.56. The normalized spacial score (nSPS) is 22.2. The zero-order chi connectivity index (χ0) is 24.9. The number of hydrogen-bond donors (Lipinski definition) is 0. The summed E-state index contributed by atoms with van der Waals surface area (Å²) in [6, 6.07) is 7.69. The number of piperazine rings is 1. The molecule has 2 aromatic carbocycles. The van der Waals surface area contributed by atoms with Crippen molar-refractivity contribution >= 4 is 15.9 Å². The van der Waals surface area contributed by atoms with Crippen LogP contribution in [0.1, 0.15) is 23.1 Å². The van der Waals surface area contributed by atoms with Crippen LogP contribution in [0.2, 0.25) is 0 Å². The van der Waals surface area contributed by atoms with Crippen LogP contribution in [-0.2, 0) is 33.6 Å². The number of halogens is 6. The number of carbonyl (C=O) groups excluding carboxylic acids is 1. The molecule has 5 nitrogen and oxygen atoms in total. The van der Waals surface area contributed by atoms with E-state index in [9.17, 15) is 39.6 Å². The van der Waals surface area contributed by atoms with Gasteiger partial charge in [0.25, 0.3) is 0 Å². The van der Waals surface area contributed by atoms with Crippen LogP contribution in [0.25, 0.3) is 0 Å². The number of carbonyl (C=O) groups is 1. The first-order chi connectivity index (χ1) is 15.8. The van der Waals surface area contributed by atoms with E-state index in [0.29, 0.717) is 11.6 Å². The van der Waals surface area contributed by atoms with Crippen LogP contribution in [0, 0.1) is 5.92 Å². The second-order valence-electron chi connectivity index (χ2n) is 8.41. The van der Waals surface area contributed by atoms with Gasteiger partial charge in [0.15, 0.2) is 0 Å². The van der Waals surface area contributed by atoms with Crippen molar-refractivity contribution in [2.24, 2.45) is 5.92 Å². The molecule has 184 valence electrons. The van der Waals surface area contributed by atoms with Gasteiger partial charge < -0.3 is 4.90 Å². The average molecular weight is 506 g/mol. The molecule has 1 amide bonds. The number of alkyl halides is 6. The van der Waals surface area contributed by atoms with E-state index in [1.54, 1.807) is 0 Å². The third kappa shape index (κ3) is 4.78. The molecule has 0 aliphatic carbocycles. The minimum atomic E-state index is -4.70. The van der Waals surface area contributed by atoms with Gasteiger partial charge in [-0.1, -0.05) is 24.3 Å². The van der Waals surface area contributed by atoms with Crippen molar-refractivity contribution in [1.29, 1.82) is 0 Å². The predicted octanol–water partition coefficient (Wildman–Crippen LogP) is 4.19. The minimum Gasteiger partial charge on any atom is -0.337 e. The highest BCUT2D eigenvalue weighted by molar-refractivity contribution is 7.89. The number of fused-ring (bicyclic) bond motifs is 1. The number of rotatable bonds is 4. The van der Waals surface area contributed by atoms with Gasteiger partial charge in [-0.15, -0.1) is 0 Å². The lowest BCUT2D eigenvalue weighted by Gasteiger charge is -2.36. The topological polar surface area (TPSA) is 57.7 Å². The summed E-state index contributed by atoms with van der Waals surface area (Å²) >= 11 is 0. The molecular formula is C22H20F6N2O3S. The van der Waals surface area contributed by atoms with Crippen LogP contribution in [-0.4, -0.2) is 49.2 Å². The summed E-state index contributed by atoms with van der Waals surface area (Å²) in [5, 5.41) is 0. The van der Waals surface area contributed by atoms with Gasteiger partial charge in [-0.25, -0.2) is 8.42 Å². The maximum absolute atomic E-state index is 13.0. The number of amides is 1. The third-order valence-corrected chi connectivity index (χ3v) is 8.03. The lowest BCUT2D eigenvalue weighted by Crippen LogP contribution is -2.53. The lowest BCUT2D eigenvalue weighted by molar-refractivity contribution is -0.138. The van der Waals surface area contributed by atoms with Crippen molar-refractivity contribution in [3.8, 4) is 0 Å². The van der Waals surface area contributed by atoms with Crippen LogP contribution in [0.15, 0.2) is 53.4 Å². The monoisotopic (exact) mass is 506 g/mol. The SMILES string of the molecule is O=C1C(Cc2cccc(C(F)(F)F)c2)C[C@H]2CN(S(=O)(=O)c3cccc(C(F)(F)F)c3)CCN12. The van der Waals surface area contributed by atoms with Crippen molar-refractivity contribution in [3.05, 3.63) is 65.2 Å². The van der Waals surface area contributed by atoms with E-state index in [1.165, 1.54) is 17.0 Å². The van der Waals surface area contributed by atoms with Crippen LogP contribution in [0.5, 0.6) is 0 Å². The van der Waals surface area contributed by atoms with Crippen LogP contribution < -0.4 is 0 Å². The van der Waals surface area contributed by atoms with Gasteiger partial charge in [-0.2, -0.15) is 30.6 Å². The van der Waals surface area contributed by atoms with Gasteiger partial charge in [0.1, 0.15) is 0 Å². The molecule has 2 aromatic rings. The van der Waals surface area contributed by atoms with E-state index < -0.39 is 50.4 Å². The molecule has 4 rings (SSSR count). The van der Waals surface area contributed by atoms with Crippen LogP contribution in [0.3, 0.4) is 0 Å².